The minimum Gasteiger partial charge on any atom is -0.393 e. The van der Waals surface area contributed by atoms with Gasteiger partial charge in [0.25, 0.3) is 5.56 Å². The number of hydrogen-bond acceptors (Lipinski definition) is 2. The van der Waals surface area contributed by atoms with Gasteiger partial charge in [0.15, 0.2) is 0 Å². The Morgan fingerprint density at radius 2 is 2.10 bits per heavy atom. The normalized spacial score (nSPS) is 14.8. The second-order valence-electron chi connectivity index (χ2n) is 5.34. The largest absolute Gasteiger partial charge is 0.393 e. The molecular weight excluding hydrogens is 318 g/mol. The van der Waals surface area contributed by atoms with Crippen LogP contribution in [0.15, 0.2) is 27.5 Å². The molecule has 1 aromatic carbocycles. The van der Waals surface area contributed by atoms with E-state index in [9.17, 15) is 4.79 Å². The SMILES string of the molecule is CCn1c(C2CC2)c(N)c(=O)n1-c1ccc(Br)cc1C. The summed E-state index contributed by atoms with van der Waals surface area (Å²) in [5, 5.41) is 0. The molecule has 0 unspecified atom stereocenters. The number of hydrogen-bond donors (Lipinski definition) is 1. The van der Waals surface area contributed by atoms with Gasteiger partial charge in [0.2, 0.25) is 0 Å². The van der Waals surface area contributed by atoms with E-state index in [-0.39, 0.29) is 5.56 Å². The lowest BCUT2D eigenvalue weighted by molar-refractivity contribution is 0.547. The van der Waals surface area contributed by atoms with Gasteiger partial charge >= 0.3 is 0 Å². The van der Waals surface area contributed by atoms with E-state index in [0.717, 1.165) is 40.8 Å². The molecule has 0 spiro atoms. The summed E-state index contributed by atoms with van der Waals surface area (Å²) in [5.41, 5.74) is 9.36. The summed E-state index contributed by atoms with van der Waals surface area (Å²) in [4.78, 5) is 12.5. The first-order valence-electron chi connectivity index (χ1n) is 6.92. The van der Waals surface area contributed by atoms with Gasteiger partial charge < -0.3 is 5.73 Å². The molecule has 1 aliphatic carbocycles. The Labute approximate surface area is 126 Å². The molecule has 106 valence electrons. The Morgan fingerprint density at radius 3 is 2.65 bits per heavy atom. The zero-order valence-corrected chi connectivity index (χ0v) is 13.3. The predicted molar refractivity (Wildman–Crippen MR) is 84.5 cm³/mol. The maximum absolute atomic E-state index is 12.5. The van der Waals surface area contributed by atoms with Crippen molar-refractivity contribution in [3.05, 3.63) is 44.3 Å². The molecule has 0 saturated heterocycles. The molecule has 0 radical (unpaired) electrons. The van der Waals surface area contributed by atoms with Gasteiger partial charge in [-0.2, -0.15) is 0 Å². The number of rotatable bonds is 3. The highest BCUT2D eigenvalue weighted by atomic mass is 79.9. The van der Waals surface area contributed by atoms with Crippen LogP contribution in [0.25, 0.3) is 5.69 Å². The number of nitrogens with zero attached hydrogens (tertiary/aromatic N) is 2. The maximum Gasteiger partial charge on any atom is 0.294 e. The topological polar surface area (TPSA) is 52.9 Å². The van der Waals surface area contributed by atoms with Gasteiger partial charge in [-0.1, -0.05) is 15.9 Å². The minimum atomic E-state index is -0.0980. The summed E-state index contributed by atoms with van der Waals surface area (Å²) < 4.78 is 4.77. The molecule has 2 aromatic rings. The summed E-state index contributed by atoms with van der Waals surface area (Å²) in [5.74, 6) is 0.458. The highest BCUT2D eigenvalue weighted by Crippen LogP contribution is 2.42. The van der Waals surface area contributed by atoms with E-state index in [1.54, 1.807) is 4.68 Å². The van der Waals surface area contributed by atoms with E-state index in [1.165, 1.54) is 0 Å². The number of nitrogens with two attached hydrogens (primary N) is 1. The van der Waals surface area contributed by atoms with Gasteiger partial charge in [0.05, 0.1) is 11.4 Å². The highest BCUT2D eigenvalue weighted by Gasteiger charge is 2.32. The molecule has 1 heterocycles. The van der Waals surface area contributed by atoms with Crippen molar-refractivity contribution < 1.29 is 0 Å². The summed E-state index contributed by atoms with van der Waals surface area (Å²) in [6.07, 6.45) is 2.26. The van der Waals surface area contributed by atoms with Crippen LogP contribution < -0.4 is 11.3 Å². The fraction of sp³-hybridized carbons (Fsp3) is 0.400. The van der Waals surface area contributed by atoms with Crippen molar-refractivity contribution in [3.63, 3.8) is 0 Å². The monoisotopic (exact) mass is 335 g/mol. The van der Waals surface area contributed by atoms with Gasteiger partial charge in [0, 0.05) is 16.9 Å². The zero-order valence-electron chi connectivity index (χ0n) is 11.7. The Hall–Kier alpha value is -1.49. The molecule has 1 aliphatic rings. The fourth-order valence-electron chi connectivity index (χ4n) is 2.78. The number of aromatic nitrogens is 2. The molecule has 3 rings (SSSR count). The highest BCUT2D eigenvalue weighted by molar-refractivity contribution is 9.10. The summed E-state index contributed by atoms with van der Waals surface area (Å²) >= 11 is 3.46. The third-order valence-electron chi connectivity index (χ3n) is 3.87. The lowest BCUT2D eigenvalue weighted by Gasteiger charge is -2.14. The van der Waals surface area contributed by atoms with E-state index in [0.29, 0.717) is 11.6 Å². The summed E-state index contributed by atoms with van der Waals surface area (Å²) in [6, 6.07) is 5.93. The van der Waals surface area contributed by atoms with Gasteiger partial charge in [-0.05, 0) is 50.5 Å². The van der Waals surface area contributed by atoms with Gasteiger partial charge in [0.1, 0.15) is 5.69 Å². The molecule has 4 nitrogen and oxygen atoms in total. The van der Waals surface area contributed by atoms with Crippen molar-refractivity contribution in [1.82, 2.24) is 9.36 Å². The third kappa shape index (κ3) is 2.00. The molecule has 20 heavy (non-hydrogen) atoms. The molecule has 5 heteroatoms. The van der Waals surface area contributed by atoms with E-state index in [1.807, 2.05) is 29.8 Å². The Balaban J connectivity index is 2.28. The molecule has 1 saturated carbocycles. The number of anilines is 1. The Kier molecular flexibility index (Phi) is 3.24. The zero-order chi connectivity index (χ0) is 14.4. The fourth-order valence-corrected chi connectivity index (χ4v) is 3.25. The lowest BCUT2D eigenvalue weighted by Crippen LogP contribution is -2.22. The van der Waals surface area contributed by atoms with Crippen LogP contribution in [0, 0.1) is 6.92 Å². The number of benzene rings is 1. The van der Waals surface area contributed by atoms with Gasteiger partial charge in [-0.3, -0.25) is 9.48 Å². The predicted octanol–water partition coefficient (Wildman–Crippen LogP) is 3.19. The molecule has 0 aliphatic heterocycles. The average molecular weight is 336 g/mol. The molecule has 0 bridgehead atoms. The first-order valence-corrected chi connectivity index (χ1v) is 7.71. The maximum atomic E-state index is 12.5. The van der Waals surface area contributed by atoms with E-state index >= 15 is 0 Å². The Morgan fingerprint density at radius 1 is 1.40 bits per heavy atom. The smallest absolute Gasteiger partial charge is 0.294 e. The van der Waals surface area contributed by atoms with Crippen LogP contribution >= 0.6 is 15.9 Å². The van der Waals surface area contributed by atoms with Crippen LogP contribution in [-0.4, -0.2) is 9.36 Å². The molecule has 1 fully saturated rings. The lowest BCUT2D eigenvalue weighted by atomic mass is 10.2. The van der Waals surface area contributed by atoms with Crippen LogP contribution in [0.4, 0.5) is 5.69 Å². The second kappa shape index (κ2) is 4.81. The second-order valence-corrected chi connectivity index (χ2v) is 6.25. The van der Waals surface area contributed by atoms with Crippen LogP contribution in [0.2, 0.25) is 0 Å². The number of aryl methyl sites for hydroxylation is 1. The van der Waals surface area contributed by atoms with Gasteiger partial charge in [-0.25, -0.2) is 4.68 Å². The standard InChI is InChI=1S/C15H18BrN3O/c1-3-18-14(10-4-5-10)13(17)15(20)19(18)12-7-6-11(16)8-9(12)2/h6-8,10H,3-5,17H2,1-2H3. The summed E-state index contributed by atoms with van der Waals surface area (Å²) in [7, 11) is 0. The molecular formula is C15H18BrN3O. The third-order valence-corrected chi connectivity index (χ3v) is 4.36. The number of halogens is 1. The van der Waals surface area contributed by atoms with Crippen molar-refractivity contribution in [1.29, 1.82) is 0 Å². The van der Waals surface area contributed by atoms with E-state index < -0.39 is 0 Å². The first kappa shape index (κ1) is 13.5. The molecule has 1 aromatic heterocycles. The minimum absolute atomic E-state index is 0.0980. The van der Waals surface area contributed by atoms with E-state index in [2.05, 4.69) is 22.9 Å². The molecule has 0 amide bonds. The number of nitrogen functional groups attached to an aromatic ring is 1. The Bertz CT molecular complexity index is 725. The van der Waals surface area contributed by atoms with Crippen molar-refractivity contribution in [2.24, 2.45) is 0 Å². The van der Waals surface area contributed by atoms with Crippen LogP contribution in [0.1, 0.15) is 36.9 Å². The van der Waals surface area contributed by atoms with Crippen LogP contribution in [0.5, 0.6) is 0 Å². The van der Waals surface area contributed by atoms with Crippen molar-refractivity contribution in [2.75, 3.05) is 5.73 Å². The average Bonchev–Trinajstić information content (AvgIpc) is 3.20. The molecule has 2 N–H and O–H groups in total. The van der Waals surface area contributed by atoms with E-state index in [4.69, 9.17) is 5.73 Å². The summed E-state index contributed by atoms with van der Waals surface area (Å²) in [6.45, 7) is 4.80. The molecule has 0 atom stereocenters. The van der Waals surface area contributed by atoms with Crippen molar-refractivity contribution in [3.8, 4) is 5.69 Å². The van der Waals surface area contributed by atoms with Gasteiger partial charge in [-0.15, -0.1) is 0 Å². The first-order chi connectivity index (χ1) is 9.54. The van der Waals surface area contributed by atoms with Crippen LogP contribution in [-0.2, 0) is 6.54 Å². The quantitative estimate of drug-likeness (QED) is 0.936. The van der Waals surface area contributed by atoms with Crippen LogP contribution in [0.3, 0.4) is 0 Å². The van der Waals surface area contributed by atoms with Crippen molar-refractivity contribution >= 4 is 21.6 Å². The van der Waals surface area contributed by atoms with Crippen molar-refractivity contribution in [2.45, 2.75) is 39.2 Å².